The van der Waals surface area contributed by atoms with Gasteiger partial charge in [0.05, 0.1) is 0 Å². The van der Waals surface area contributed by atoms with E-state index in [-0.39, 0.29) is 0 Å². The summed E-state index contributed by atoms with van der Waals surface area (Å²) in [5.41, 5.74) is 15.7. The molecule has 8 aromatic rings. The highest BCUT2D eigenvalue weighted by atomic mass is 14.9. The monoisotopic (exact) mass is 581 g/mol. The van der Waals surface area contributed by atoms with Crippen molar-refractivity contribution in [3.8, 4) is 55.6 Å². The Kier molecular flexibility index (Phi) is 4.69. The van der Waals surface area contributed by atoms with Crippen molar-refractivity contribution < 1.29 is 0 Å². The van der Waals surface area contributed by atoms with Crippen LogP contribution in [0.2, 0.25) is 0 Å². The zero-order valence-corrected chi connectivity index (χ0v) is 25.1. The summed E-state index contributed by atoms with van der Waals surface area (Å²) in [6.07, 6.45) is 6.48. The molecule has 1 heterocycles. The fourth-order valence-corrected chi connectivity index (χ4v) is 8.59. The predicted molar refractivity (Wildman–Crippen MR) is 196 cm³/mol. The highest BCUT2D eigenvalue weighted by Crippen LogP contribution is 2.56. The molecule has 0 spiro atoms. The number of dihydropyridines is 1. The molecular formula is C45H27N. The first-order valence-corrected chi connectivity index (χ1v) is 16.2. The number of hydrogen-bond acceptors (Lipinski definition) is 1. The summed E-state index contributed by atoms with van der Waals surface area (Å²) in [6.45, 7) is 0.864. The number of benzene rings is 8. The van der Waals surface area contributed by atoms with Gasteiger partial charge < -0.3 is 5.32 Å². The molecule has 1 aliphatic heterocycles. The van der Waals surface area contributed by atoms with Crippen molar-refractivity contribution in [3.05, 3.63) is 151 Å². The van der Waals surface area contributed by atoms with E-state index in [1.807, 2.05) is 0 Å². The van der Waals surface area contributed by atoms with Crippen molar-refractivity contribution in [2.75, 3.05) is 6.54 Å². The van der Waals surface area contributed by atoms with Crippen LogP contribution in [0.3, 0.4) is 0 Å². The van der Waals surface area contributed by atoms with E-state index >= 15 is 0 Å². The lowest BCUT2D eigenvalue weighted by atomic mass is 9.85. The van der Waals surface area contributed by atoms with Crippen molar-refractivity contribution in [2.24, 2.45) is 0 Å². The van der Waals surface area contributed by atoms with Gasteiger partial charge in [0.1, 0.15) is 0 Å². The molecule has 46 heavy (non-hydrogen) atoms. The van der Waals surface area contributed by atoms with E-state index in [0.29, 0.717) is 0 Å². The van der Waals surface area contributed by atoms with Gasteiger partial charge in [-0.2, -0.15) is 0 Å². The summed E-state index contributed by atoms with van der Waals surface area (Å²) in [6, 6.07) is 48.1. The van der Waals surface area contributed by atoms with Crippen molar-refractivity contribution in [2.45, 2.75) is 0 Å². The molecule has 212 valence electrons. The molecule has 1 nitrogen and oxygen atoms in total. The minimum Gasteiger partial charge on any atom is -0.381 e. The molecule has 11 rings (SSSR count). The SMILES string of the molecule is C1=CCNC(c2ccc3c(c2)-c2cccc4c(-c5ccc6c7c(cccc57)-c5cc7ccccc7cc5-6)c5ccccc5c-3c24)=C1. The summed E-state index contributed by atoms with van der Waals surface area (Å²) < 4.78 is 0. The second kappa shape index (κ2) is 8.84. The summed E-state index contributed by atoms with van der Waals surface area (Å²) >= 11 is 0. The standard InChI is InChI=1S/C45H27N/c1-2-10-27-24-40-35-21-20-34(30-13-7-14-32(42(30)35)39(40)23-26(27)9-1)43-29-11-3-4-12-31(29)44-36-19-18-28(41-17-5-6-22-46-41)25-38(36)33-15-8-16-37(43)45(33)44/h1-21,23-25,46H,22H2. The second-order valence-electron chi connectivity index (χ2n) is 12.8. The molecule has 0 saturated heterocycles. The highest BCUT2D eigenvalue weighted by Gasteiger charge is 2.29. The Labute approximate surface area is 266 Å². The van der Waals surface area contributed by atoms with E-state index in [0.717, 1.165) is 6.54 Å². The second-order valence-corrected chi connectivity index (χ2v) is 12.8. The van der Waals surface area contributed by atoms with E-state index < -0.39 is 0 Å². The van der Waals surface area contributed by atoms with Crippen molar-refractivity contribution >= 4 is 48.8 Å². The molecule has 8 aromatic carbocycles. The largest absolute Gasteiger partial charge is 0.381 e. The Morgan fingerprint density at radius 3 is 1.78 bits per heavy atom. The molecule has 0 amide bonds. The van der Waals surface area contributed by atoms with Crippen LogP contribution in [-0.4, -0.2) is 6.54 Å². The molecule has 1 N–H and O–H groups in total. The molecule has 0 aromatic heterocycles. The zero-order valence-electron chi connectivity index (χ0n) is 25.1. The lowest BCUT2D eigenvalue weighted by Gasteiger charge is -2.17. The maximum atomic E-state index is 3.55. The fourth-order valence-electron chi connectivity index (χ4n) is 8.59. The Hall–Kier alpha value is -5.92. The van der Waals surface area contributed by atoms with Crippen LogP contribution in [-0.2, 0) is 0 Å². The number of rotatable bonds is 2. The first-order valence-electron chi connectivity index (χ1n) is 16.2. The van der Waals surface area contributed by atoms with Gasteiger partial charge in [0, 0.05) is 12.2 Å². The normalized spacial score (nSPS) is 13.8. The number of fused-ring (bicyclic) bond motifs is 9. The average Bonchev–Trinajstić information content (AvgIpc) is 3.62. The molecule has 2 aliphatic carbocycles. The van der Waals surface area contributed by atoms with Gasteiger partial charge in [-0.15, -0.1) is 0 Å². The number of nitrogens with one attached hydrogen (secondary N) is 1. The lowest BCUT2D eigenvalue weighted by Crippen LogP contribution is -2.14. The molecule has 0 saturated carbocycles. The van der Waals surface area contributed by atoms with Crippen LogP contribution >= 0.6 is 0 Å². The molecular weight excluding hydrogens is 555 g/mol. The minimum atomic E-state index is 0.864. The van der Waals surface area contributed by atoms with Crippen LogP contribution in [0, 0.1) is 0 Å². The molecule has 0 bridgehead atoms. The van der Waals surface area contributed by atoms with Gasteiger partial charge in [-0.25, -0.2) is 0 Å². The molecule has 1 heteroatoms. The molecule has 3 aliphatic rings. The van der Waals surface area contributed by atoms with Gasteiger partial charge >= 0.3 is 0 Å². The summed E-state index contributed by atoms with van der Waals surface area (Å²) in [7, 11) is 0. The quantitative estimate of drug-likeness (QED) is 0.200. The first-order chi connectivity index (χ1) is 22.8. The van der Waals surface area contributed by atoms with Gasteiger partial charge in [0.25, 0.3) is 0 Å². The summed E-state index contributed by atoms with van der Waals surface area (Å²) in [5, 5.41) is 14.1. The Balaban J connectivity index is 1.21. The Morgan fingerprint density at radius 2 is 1.02 bits per heavy atom. The van der Waals surface area contributed by atoms with Gasteiger partial charge in [0.15, 0.2) is 0 Å². The minimum absolute atomic E-state index is 0.864. The van der Waals surface area contributed by atoms with Crippen molar-refractivity contribution in [3.63, 3.8) is 0 Å². The van der Waals surface area contributed by atoms with Crippen LogP contribution in [0.15, 0.2) is 146 Å². The first kappa shape index (κ1) is 24.4. The smallest absolute Gasteiger partial charge is 0.0416 e. The summed E-state index contributed by atoms with van der Waals surface area (Å²) in [4.78, 5) is 0. The van der Waals surface area contributed by atoms with Crippen LogP contribution in [0.25, 0.3) is 104 Å². The van der Waals surface area contributed by atoms with Crippen LogP contribution in [0.4, 0.5) is 0 Å². The molecule has 0 atom stereocenters. The van der Waals surface area contributed by atoms with E-state index in [1.54, 1.807) is 0 Å². The topological polar surface area (TPSA) is 12.0 Å². The Bertz CT molecular complexity index is 2690. The zero-order chi connectivity index (χ0) is 29.9. The number of hydrogen-bond donors (Lipinski definition) is 1. The van der Waals surface area contributed by atoms with Crippen molar-refractivity contribution in [1.82, 2.24) is 5.32 Å². The average molecular weight is 582 g/mol. The molecule has 0 fully saturated rings. The maximum absolute atomic E-state index is 3.55. The fraction of sp³-hybridized carbons (Fsp3) is 0.0222. The number of allylic oxidation sites excluding steroid dienone is 2. The van der Waals surface area contributed by atoms with Crippen molar-refractivity contribution in [1.29, 1.82) is 0 Å². The van der Waals surface area contributed by atoms with E-state index in [1.165, 1.54) is 110 Å². The van der Waals surface area contributed by atoms with Gasteiger partial charge in [0.2, 0.25) is 0 Å². The van der Waals surface area contributed by atoms with Crippen LogP contribution < -0.4 is 5.32 Å². The van der Waals surface area contributed by atoms with Gasteiger partial charge in [-0.1, -0.05) is 121 Å². The van der Waals surface area contributed by atoms with Gasteiger partial charge in [-0.3, -0.25) is 0 Å². The van der Waals surface area contributed by atoms with E-state index in [4.69, 9.17) is 0 Å². The third-order valence-electron chi connectivity index (χ3n) is 10.5. The van der Waals surface area contributed by atoms with Crippen LogP contribution in [0.1, 0.15) is 5.56 Å². The summed E-state index contributed by atoms with van der Waals surface area (Å²) in [5.74, 6) is 0. The lowest BCUT2D eigenvalue weighted by molar-refractivity contribution is 0.996. The predicted octanol–water partition coefficient (Wildman–Crippen LogP) is 11.8. The highest BCUT2D eigenvalue weighted by molar-refractivity contribution is 6.31. The molecule has 0 radical (unpaired) electrons. The third kappa shape index (κ3) is 3.09. The maximum Gasteiger partial charge on any atom is 0.0416 e. The van der Waals surface area contributed by atoms with Gasteiger partial charge in [-0.05, 0) is 129 Å². The van der Waals surface area contributed by atoms with E-state index in [2.05, 4.69) is 151 Å². The third-order valence-corrected chi connectivity index (χ3v) is 10.5. The Morgan fingerprint density at radius 1 is 0.413 bits per heavy atom. The van der Waals surface area contributed by atoms with Crippen LogP contribution in [0.5, 0.6) is 0 Å². The van der Waals surface area contributed by atoms with E-state index in [9.17, 15) is 0 Å². The molecule has 0 unspecified atom stereocenters.